The second-order valence-electron chi connectivity index (χ2n) is 5.54. The third kappa shape index (κ3) is 4.12. The zero-order valence-corrected chi connectivity index (χ0v) is 14.4. The standard InChI is InChI=1S/C16H20N2O5S/c1-3-22-16(19)15(13-8-9-23-14(13)10-17)18-24(20,21)12-6-4-11(2)5-7-12/h4-7,13-15,18H,3,8-9H2,1-2H3/t13-,14?,15?/m1/s1. The first-order valence-electron chi connectivity index (χ1n) is 7.66. The molecule has 7 nitrogen and oxygen atoms in total. The summed E-state index contributed by atoms with van der Waals surface area (Å²) in [5, 5.41) is 9.14. The lowest BCUT2D eigenvalue weighted by molar-refractivity contribution is -0.146. The van der Waals surface area contributed by atoms with Crippen LogP contribution in [0.4, 0.5) is 0 Å². The van der Waals surface area contributed by atoms with E-state index in [4.69, 9.17) is 14.7 Å². The van der Waals surface area contributed by atoms with E-state index < -0.39 is 34.1 Å². The number of nitriles is 1. The van der Waals surface area contributed by atoms with Crippen molar-refractivity contribution in [3.8, 4) is 6.07 Å². The van der Waals surface area contributed by atoms with Crippen molar-refractivity contribution in [2.75, 3.05) is 13.2 Å². The molecule has 0 aliphatic carbocycles. The summed E-state index contributed by atoms with van der Waals surface area (Å²) in [7, 11) is -3.92. The number of carbonyl (C=O) groups excluding carboxylic acids is 1. The highest BCUT2D eigenvalue weighted by Crippen LogP contribution is 2.26. The first-order chi connectivity index (χ1) is 11.4. The predicted molar refractivity (Wildman–Crippen MR) is 85.4 cm³/mol. The average Bonchev–Trinajstić information content (AvgIpc) is 3.01. The van der Waals surface area contributed by atoms with Crippen LogP contribution in [0.25, 0.3) is 0 Å². The van der Waals surface area contributed by atoms with Gasteiger partial charge in [-0.25, -0.2) is 8.42 Å². The smallest absolute Gasteiger partial charge is 0.324 e. The van der Waals surface area contributed by atoms with E-state index in [1.165, 1.54) is 12.1 Å². The van der Waals surface area contributed by atoms with Gasteiger partial charge in [-0.05, 0) is 32.4 Å². The summed E-state index contributed by atoms with van der Waals surface area (Å²) in [4.78, 5) is 12.3. The number of aryl methyl sites for hydroxylation is 1. The molecule has 1 heterocycles. The van der Waals surface area contributed by atoms with Crippen molar-refractivity contribution in [1.82, 2.24) is 4.72 Å². The lowest BCUT2D eigenvalue weighted by atomic mass is 9.94. The molecule has 1 aromatic carbocycles. The number of nitrogens with zero attached hydrogens (tertiary/aromatic N) is 1. The van der Waals surface area contributed by atoms with Crippen LogP contribution in [0.15, 0.2) is 29.2 Å². The SMILES string of the molecule is CCOC(=O)C(NS(=O)(=O)c1ccc(C)cc1)[C@@H]1CCOC1C#N. The molecule has 2 rings (SSSR count). The quantitative estimate of drug-likeness (QED) is 0.770. The zero-order chi connectivity index (χ0) is 17.7. The lowest BCUT2D eigenvalue weighted by Gasteiger charge is -2.23. The summed E-state index contributed by atoms with van der Waals surface area (Å²) >= 11 is 0. The molecule has 1 fully saturated rings. The monoisotopic (exact) mass is 352 g/mol. The summed E-state index contributed by atoms with van der Waals surface area (Å²) in [5.41, 5.74) is 0.921. The highest BCUT2D eigenvalue weighted by Gasteiger charge is 2.41. The Morgan fingerprint density at radius 3 is 2.71 bits per heavy atom. The second kappa shape index (κ2) is 7.75. The van der Waals surface area contributed by atoms with E-state index >= 15 is 0 Å². The second-order valence-corrected chi connectivity index (χ2v) is 7.25. The van der Waals surface area contributed by atoms with E-state index in [-0.39, 0.29) is 11.5 Å². The maximum Gasteiger partial charge on any atom is 0.324 e. The van der Waals surface area contributed by atoms with Gasteiger partial charge in [-0.2, -0.15) is 9.98 Å². The molecule has 3 atom stereocenters. The molecule has 2 unspecified atom stereocenters. The zero-order valence-electron chi connectivity index (χ0n) is 13.6. The number of rotatable bonds is 6. The van der Waals surface area contributed by atoms with Gasteiger partial charge in [0.2, 0.25) is 10.0 Å². The molecule has 8 heteroatoms. The molecule has 0 bridgehead atoms. The van der Waals surface area contributed by atoms with Gasteiger partial charge in [0.05, 0.1) is 17.6 Å². The van der Waals surface area contributed by atoms with Crippen molar-refractivity contribution in [1.29, 1.82) is 5.26 Å². The van der Waals surface area contributed by atoms with Crippen LogP contribution in [0.3, 0.4) is 0 Å². The number of hydrogen-bond acceptors (Lipinski definition) is 6. The maximum atomic E-state index is 12.6. The Kier molecular flexibility index (Phi) is 5.94. The molecular formula is C16H20N2O5S. The number of esters is 1. The molecule has 1 aliphatic heterocycles. The van der Waals surface area contributed by atoms with Gasteiger partial charge in [0.1, 0.15) is 12.1 Å². The van der Waals surface area contributed by atoms with E-state index in [9.17, 15) is 13.2 Å². The summed E-state index contributed by atoms with van der Waals surface area (Å²) in [6.45, 7) is 3.90. The molecule has 1 N–H and O–H groups in total. The van der Waals surface area contributed by atoms with Crippen LogP contribution in [0.2, 0.25) is 0 Å². The first-order valence-corrected chi connectivity index (χ1v) is 9.14. The van der Waals surface area contributed by atoms with Crippen LogP contribution in [-0.4, -0.2) is 39.7 Å². The Morgan fingerprint density at radius 2 is 2.12 bits per heavy atom. The van der Waals surface area contributed by atoms with Crippen molar-refractivity contribution in [2.24, 2.45) is 5.92 Å². The third-order valence-electron chi connectivity index (χ3n) is 3.85. The topological polar surface area (TPSA) is 105 Å². The van der Waals surface area contributed by atoms with Gasteiger partial charge < -0.3 is 9.47 Å². The molecule has 0 spiro atoms. The minimum absolute atomic E-state index is 0.0508. The summed E-state index contributed by atoms with van der Waals surface area (Å²) in [5.74, 6) is -1.29. The lowest BCUT2D eigenvalue weighted by Crippen LogP contribution is -2.48. The van der Waals surface area contributed by atoms with E-state index in [1.54, 1.807) is 19.1 Å². The van der Waals surface area contributed by atoms with Crippen LogP contribution in [0.5, 0.6) is 0 Å². The first kappa shape index (κ1) is 18.4. The normalized spacial score (nSPS) is 21.9. The molecule has 0 aromatic heterocycles. The van der Waals surface area contributed by atoms with Crippen LogP contribution in [0, 0.1) is 24.2 Å². The van der Waals surface area contributed by atoms with Crippen LogP contribution >= 0.6 is 0 Å². The van der Waals surface area contributed by atoms with Crippen LogP contribution in [-0.2, 0) is 24.3 Å². The van der Waals surface area contributed by atoms with Crippen LogP contribution in [0.1, 0.15) is 18.9 Å². The van der Waals surface area contributed by atoms with Gasteiger partial charge in [0.15, 0.2) is 0 Å². The predicted octanol–water partition coefficient (Wildman–Crippen LogP) is 1.13. The summed E-state index contributed by atoms with van der Waals surface area (Å²) in [6, 6.07) is 7.07. The number of benzene rings is 1. The van der Waals surface area contributed by atoms with Gasteiger partial charge >= 0.3 is 5.97 Å². The number of hydrogen-bond donors (Lipinski definition) is 1. The van der Waals surface area contributed by atoms with Crippen molar-refractivity contribution >= 4 is 16.0 Å². The summed E-state index contributed by atoms with van der Waals surface area (Å²) in [6.07, 6.45) is -0.446. The largest absolute Gasteiger partial charge is 0.465 e. The van der Waals surface area contributed by atoms with Crippen molar-refractivity contribution in [3.05, 3.63) is 29.8 Å². The van der Waals surface area contributed by atoms with E-state index in [2.05, 4.69) is 4.72 Å². The fourth-order valence-electron chi connectivity index (χ4n) is 2.58. The van der Waals surface area contributed by atoms with E-state index in [1.807, 2.05) is 13.0 Å². The molecule has 130 valence electrons. The van der Waals surface area contributed by atoms with Gasteiger partial charge in [0.25, 0.3) is 0 Å². The number of nitrogens with one attached hydrogen (secondary N) is 1. The minimum Gasteiger partial charge on any atom is -0.465 e. The Morgan fingerprint density at radius 1 is 1.46 bits per heavy atom. The van der Waals surface area contributed by atoms with Crippen molar-refractivity contribution in [2.45, 2.75) is 37.3 Å². The Labute approximate surface area is 141 Å². The molecule has 1 saturated heterocycles. The van der Waals surface area contributed by atoms with Crippen molar-refractivity contribution < 1.29 is 22.7 Å². The number of ether oxygens (including phenoxy) is 2. The van der Waals surface area contributed by atoms with Crippen LogP contribution < -0.4 is 4.72 Å². The number of carbonyl (C=O) groups is 1. The molecule has 1 aromatic rings. The highest BCUT2D eigenvalue weighted by atomic mass is 32.2. The van der Waals surface area contributed by atoms with Gasteiger partial charge in [0, 0.05) is 12.5 Å². The molecule has 24 heavy (non-hydrogen) atoms. The molecule has 1 aliphatic rings. The Balaban J connectivity index is 2.29. The van der Waals surface area contributed by atoms with E-state index in [0.717, 1.165) is 5.56 Å². The molecular weight excluding hydrogens is 332 g/mol. The van der Waals surface area contributed by atoms with Gasteiger partial charge in [-0.3, -0.25) is 4.79 Å². The minimum atomic E-state index is -3.92. The molecule has 0 radical (unpaired) electrons. The maximum absolute atomic E-state index is 12.6. The van der Waals surface area contributed by atoms with Crippen molar-refractivity contribution in [3.63, 3.8) is 0 Å². The Bertz CT molecular complexity index is 724. The fourth-order valence-corrected chi connectivity index (χ4v) is 3.81. The highest BCUT2D eigenvalue weighted by molar-refractivity contribution is 7.89. The number of sulfonamides is 1. The fraction of sp³-hybridized carbons (Fsp3) is 0.500. The third-order valence-corrected chi connectivity index (χ3v) is 5.30. The van der Waals surface area contributed by atoms with Gasteiger partial charge in [-0.15, -0.1) is 0 Å². The average molecular weight is 352 g/mol. The summed E-state index contributed by atoms with van der Waals surface area (Å²) < 4.78 is 37.8. The molecule has 0 amide bonds. The van der Waals surface area contributed by atoms with E-state index in [0.29, 0.717) is 13.0 Å². The molecule has 0 saturated carbocycles. The van der Waals surface area contributed by atoms with Gasteiger partial charge in [-0.1, -0.05) is 17.7 Å². The Hall–Kier alpha value is -1.95.